The lowest BCUT2D eigenvalue weighted by molar-refractivity contribution is 0.170. The van der Waals surface area contributed by atoms with Crippen molar-refractivity contribution in [2.24, 2.45) is 0 Å². The molecule has 8 nitrogen and oxygen atoms in total. The zero-order chi connectivity index (χ0) is 21.7. The number of ether oxygens (including phenoxy) is 3. The van der Waals surface area contributed by atoms with Gasteiger partial charge in [0.25, 0.3) is 5.56 Å². The Bertz CT molecular complexity index is 1290. The summed E-state index contributed by atoms with van der Waals surface area (Å²) in [7, 11) is 3.47. The molecule has 1 aromatic heterocycles. The Morgan fingerprint density at radius 3 is 2.74 bits per heavy atom. The molecule has 2 aliphatic rings. The summed E-state index contributed by atoms with van der Waals surface area (Å²) >= 11 is 5.36. The highest BCUT2D eigenvalue weighted by molar-refractivity contribution is 7.71. The van der Waals surface area contributed by atoms with E-state index in [2.05, 4.69) is 4.98 Å². The maximum absolute atomic E-state index is 13.1. The molecule has 1 atom stereocenters. The molecule has 0 fully saturated rings. The number of benzene rings is 2. The second-order valence-corrected chi connectivity index (χ2v) is 7.90. The molecule has 5 rings (SSSR count). The number of aromatic hydroxyl groups is 1. The Hall–Kier alpha value is -3.30. The van der Waals surface area contributed by atoms with Gasteiger partial charge in [-0.25, -0.2) is 0 Å². The highest BCUT2D eigenvalue weighted by atomic mass is 32.1. The second kappa shape index (κ2) is 7.44. The molecule has 0 spiro atoms. The normalized spacial score (nSPS) is 17.4. The minimum Gasteiger partial charge on any atom is -0.494 e. The van der Waals surface area contributed by atoms with Crippen LogP contribution in [0.25, 0.3) is 5.69 Å². The van der Waals surface area contributed by atoms with Gasteiger partial charge in [-0.1, -0.05) is 18.2 Å². The van der Waals surface area contributed by atoms with Gasteiger partial charge in [-0.15, -0.1) is 0 Å². The van der Waals surface area contributed by atoms with Gasteiger partial charge in [-0.3, -0.25) is 19.2 Å². The van der Waals surface area contributed by atoms with E-state index in [4.69, 9.17) is 26.4 Å². The van der Waals surface area contributed by atoms with Crippen molar-refractivity contribution in [3.8, 4) is 28.8 Å². The van der Waals surface area contributed by atoms with E-state index >= 15 is 0 Å². The van der Waals surface area contributed by atoms with Gasteiger partial charge in [0, 0.05) is 12.1 Å². The number of nitrogens with one attached hydrogen (secondary N) is 1. The molecule has 2 N–H and O–H groups in total. The molecule has 3 heterocycles. The Morgan fingerprint density at radius 2 is 2.00 bits per heavy atom. The Labute approximate surface area is 183 Å². The number of hydrogen-bond donors (Lipinski definition) is 2. The minimum absolute atomic E-state index is 0.111. The summed E-state index contributed by atoms with van der Waals surface area (Å²) in [4.78, 5) is 17.8. The third-order valence-corrected chi connectivity index (χ3v) is 6.09. The molecule has 31 heavy (non-hydrogen) atoms. The van der Waals surface area contributed by atoms with Crippen LogP contribution >= 0.6 is 12.2 Å². The van der Waals surface area contributed by atoms with Crippen molar-refractivity contribution < 1.29 is 19.3 Å². The van der Waals surface area contributed by atoms with Crippen molar-refractivity contribution >= 4 is 12.2 Å². The number of hydrogen-bond acceptors (Lipinski definition) is 7. The SMILES string of the molecule is COc1c2c(cc3c1C(c1c(O)n(-c4ccccc4)c(=S)[nH]c1=O)N(C)CC3)OCO2. The number of fused-ring (bicyclic) bond motifs is 2. The van der Waals surface area contributed by atoms with E-state index in [1.54, 1.807) is 7.11 Å². The minimum atomic E-state index is -0.567. The van der Waals surface area contributed by atoms with Crippen LogP contribution in [0, 0.1) is 4.77 Å². The molecule has 0 radical (unpaired) electrons. The van der Waals surface area contributed by atoms with Crippen LogP contribution in [0.1, 0.15) is 22.7 Å². The quantitative estimate of drug-likeness (QED) is 0.607. The molecule has 160 valence electrons. The van der Waals surface area contributed by atoms with Gasteiger partial charge >= 0.3 is 0 Å². The Kier molecular flexibility index (Phi) is 4.71. The van der Waals surface area contributed by atoms with E-state index < -0.39 is 11.6 Å². The first-order chi connectivity index (χ1) is 15.0. The molecule has 3 aromatic rings. The van der Waals surface area contributed by atoms with Crippen molar-refractivity contribution in [1.82, 2.24) is 14.5 Å². The van der Waals surface area contributed by atoms with Gasteiger partial charge in [0.05, 0.1) is 24.4 Å². The number of para-hydroxylation sites is 1. The lowest BCUT2D eigenvalue weighted by atomic mass is 9.87. The van der Waals surface area contributed by atoms with Crippen LogP contribution in [0.15, 0.2) is 41.2 Å². The molecule has 0 bridgehead atoms. The van der Waals surface area contributed by atoms with Crippen LogP contribution in [-0.4, -0.2) is 47.1 Å². The van der Waals surface area contributed by atoms with E-state index in [9.17, 15) is 9.90 Å². The lowest BCUT2D eigenvalue weighted by Gasteiger charge is -2.36. The average Bonchev–Trinajstić information content (AvgIpc) is 3.22. The monoisotopic (exact) mass is 439 g/mol. The van der Waals surface area contributed by atoms with Crippen LogP contribution in [0.5, 0.6) is 23.1 Å². The van der Waals surface area contributed by atoms with Crippen LogP contribution in [0.4, 0.5) is 0 Å². The molecule has 0 saturated heterocycles. The Morgan fingerprint density at radius 1 is 1.23 bits per heavy atom. The molecular formula is C22H21N3O5S. The van der Waals surface area contributed by atoms with Crippen LogP contribution < -0.4 is 19.8 Å². The van der Waals surface area contributed by atoms with Crippen molar-refractivity contribution in [3.05, 3.63) is 68.2 Å². The van der Waals surface area contributed by atoms with E-state index in [1.165, 1.54) is 4.57 Å². The summed E-state index contributed by atoms with van der Waals surface area (Å²) in [5.74, 6) is 1.43. The summed E-state index contributed by atoms with van der Waals surface area (Å²) in [6, 6.07) is 10.5. The van der Waals surface area contributed by atoms with Gasteiger partial charge in [-0.2, -0.15) is 0 Å². The van der Waals surface area contributed by atoms with Gasteiger partial charge in [0.1, 0.15) is 0 Å². The highest BCUT2D eigenvalue weighted by Gasteiger charge is 2.38. The molecule has 0 aliphatic carbocycles. The number of nitrogens with zero attached hydrogens (tertiary/aromatic N) is 2. The van der Waals surface area contributed by atoms with Gasteiger partial charge in [0.15, 0.2) is 16.3 Å². The fraction of sp³-hybridized carbons (Fsp3) is 0.273. The number of aromatic nitrogens is 2. The van der Waals surface area contributed by atoms with Crippen molar-refractivity contribution in [2.45, 2.75) is 12.5 Å². The topological polar surface area (TPSA) is 89.0 Å². The molecule has 2 aromatic carbocycles. The summed E-state index contributed by atoms with van der Waals surface area (Å²) in [5.41, 5.74) is 2.16. The van der Waals surface area contributed by atoms with Gasteiger partial charge in [0.2, 0.25) is 18.4 Å². The van der Waals surface area contributed by atoms with Crippen LogP contribution in [0.2, 0.25) is 0 Å². The van der Waals surface area contributed by atoms with Gasteiger partial charge < -0.3 is 19.3 Å². The van der Waals surface area contributed by atoms with Crippen molar-refractivity contribution in [3.63, 3.8) is 0 Å². The maximum Gasteiger partial charge on any atom is 0.260 e. The van der Waals surface area contributed by atoms with E-state index in [-0.39, 0.29) is 23.0 Å². The summed E-state index contributed by atoms with van der Waals surface area (Å²) in [6.45, 7) is 0.792. The smallest absolute Gasteiger partial charge is 0.260 e. The predicted molar refractivity (Wildman–Crippen MR) is 116 cm³/mol. The zero-order valence-electron chi connectivity index (χ0n) is 17.0. The standard InChI is InChI=1S/C22H21N3O5S/c1-24-9-8-12-10-14-18(30-11-29-14)19(28-2)15(12)17(24)16-20(26)23-22(31)25(21(16)27)13-6-4-3-5-7-13/h3-7,10,17,27H,8-9,11H2,1-2H3,(H,23,26,31). The molecule has 9 heteroatoms. The first kappa shape index (κ1) is 19.7. The van der Waals surface area contributed by atoms with Crippen LogP contribution in [0.3, 0.4) is 0 Å². The van der Waals surface area contributed by atoms with Crippen molar-refractivity contribution in [2.75, 3.05) is 27.5 Å². The summed E-state index contributed by atoms with van der Waals surface area (Å²) in [5, 5.41) is 11.3. The fourth-order valence-corrected chi connectivity index (χ4v) is 4.68. The van der Waals surface area contributed by atoms with E-state index in [1.807, 2.05) is 48.3 Å². The molecule has 2 aliphatic heterocycles. The molecular weight excluding hydrogens is 418 g/mol. The largest absolute Gasteiger partial charge is 0.494 e. The molecule has 0 saturated carbocycles. The first-order valence-electron chi connectivity index (χ1n) is 9.84. The van der Waals surface area contributed by atoms with E-state index in [0.717, 1.165) is 17.5 Å². The summed E-state index contributed by atoms with van der Waals surface area (Å²) in [6.07, 6.45) is 0.742. The number of methoxy groups -OCH3 is 1. The summed E-state index contributed by atoms with van der Waals surface area (Å²) < 4.78 is 18.5. The maximum atomic E-state index is 13.1. The van der Waals surface area contributed by atoms with E-state index in [0.29, 0.717) is 29.5 Å². The fourth-order valence-electron chi connectivity index (χ4n) is 4.40. The van der Waals surface area contributed by atoms with Crippen LogP contribution in [-0.2, 0) is 6.42 Å². The second-order valence-electron chi connectivity index (χ2n) is 7.52. The zero-order valence-corrected chi connectivity index (χ0v) is 17.9. The number of rotatable bonds is 3. The predicted octanol–water partition coefficient (Wildman–Crippen LogP) is 2.92. The number of likely N-dealkylation sites (N-methyl/N-ethyl adjacent to an activating group) is 1. The lowest BCUT2D eigenvalue weighted by Crippen LogP contribution is -2.37. The third-order valence-electron chi connectivity index (χ3n) is 5.80. The number of aromatic amines is 1. The molecule has 1 unspecified atom stereocenters. The molecule has 0 amide bonds. The third kappa shape index (κ3) is 3.00. The Balaban J connectivity index is 1.80. The highest BCUT2D eigenvalue weighted by Crippen LogP contribution is 2.51. The van der Waals surface area contributed by atoms with Crippen molar-refractivity contribution in [1.29, 1.82) is 0 Å². The average molecular weight is 439 g/mol. The van der Waals surface area contributed by atoms with Gasteiger partial charge in [-0.05, 0) is 49.4 Å². The number of H-pyrrole nitrogens is 1. The first-order valence-corrected chi connectivity index (χ1v) is 10.2.